The first kappa shape index (κ1) is 19.3. The number of hydrogen-bond donors (Lipinski definition) is 1. The van der Waals surface area contributed by atoms with Gasteiger partial charge in [0.25, 0.3) is 5.91 Å². The lowest BCUT2D eigenvalue weighted by Gasteiger charge is -2.20. The number of methoxy groups -OCH3 is 2. The highest BCUT2D eigenvalue weighted by Crippen LogP contribution is 2.26. The SMILES string of the molecule is COc1ccc(Nc2nc(C(=O)N3CCCc4cc(OC)ccc4C3)cs2)cc1. The van der Waals surface area contributed by atoms with Gasteiger partial charge in [-0.1, -0.05) is 6.07 Å². The maximum absolute atomic E-state index is 13.0. The van der Waals surface area contributed by atoms with Crippen LogP contribution in [-0.2, 0) is 13.0 Å². The van der Waals surface area contributed by atoms with Gasteiger partial charge in [-0.15, -0.1) is 11.3 Å². The van der Waals surface area contributed by atoms with Crippen LogP contribution in [-0.4, -0.2) is 36.6 Å². The highest BCUT2D eigenvalue weighted by molar-refractivity contribution is 7.14. The van der Waals surface area contributed by atoms with Crippen molar-refractivity contribution in [3.8, 4) is 11.5 Å². The van der Waals surface area contributed by atoms with Crippen LogP contribution < -0.4 is 14.8 Å². The average molecular weight is 410 g/mol. The average Bonchev–Trinajstić information content (AvgIpc) is 3.11. The summed E-state index contributed by atoms with van der Waals surface area (Å²) in [7, 11) is 3.31. The standard InChI is InChI=1S/C22H23N3O3S/c1-27-18-9-6-17(7-10-18)23-22-24-20(14-29-22)21(26)25-11-3-4-15-12-19(28-2)8-5-16(15)13-25/h5-10,12,14H,3-4,11,13H2,1-2H3,(H,23,24). The molecule has 0 saturated carbocycles. The minimum absolute atomic E-state index is 0.0345. The molecule has 29 heavy (non-hydrogen) atoms. The molecule has 1 aliphatic heterocycles. The van der Waals surface area contributed by atoms with Crippen molar-refractivity contribution in [1.82, 2.24) is 9.88 Å². The van der Waals surface area contributed by atoms with E-state index in [0.717, 1.165) is 30.0 Å². The summed E-state index contributed by atoms with van der Waals surface area (Å²) in [6.07, 6.45) is 1.87. The summed E-state index contributed by atoms with van der Waals surface area (Å²) in [6, 6.07) is 13.7. The Morgan fingerprint density at radius 3 is 2.59 bits per heavy atom. The Balaban J connectivity index is 1.46. The normalized spacial score (nSPS) is 13.4. The maximum Gasteiger partial charge on any atom is 0.273 e. The molecule has 1 aliphatic rings. The van der Waals surface area contributed by atoms with Crippen LogP contribution in [0.25, 0.3) is 0 Å². The molecule has 0 aliphatic carbocycles. The van der Waals surface area contributed by atoms with Crippen molar-refractivity contribution >= 4 is 28.1 Å². The molecule has 6 nitrogen and oxygen atoms in total. The molecule has 0 atom stereocenters. The molecule has 150 valence electrons. The number of rotatable bonds is 5. The lowest BCUT2D eigenvalue weighted by molar-refractivity contribution is 0.0741. The second-order valence-corrected chi connectivity index (χ2v) is 7.71. The summed E-state index contributed by atoms with van der Waals surface area (Å²) < 4.78 is 10.5. The molecule has 0 unspecified atom stereocenters. The minimum Gasteiger partial charge on any atom is -0.497 e. The van der Waals surface area contributed by atoms with E-state index in [-0.39, 0.29) is 5.91 Å². The number of hydrogen-bond acceptors (Lipinski definition) is 6. The Morgan fingerprint density at radius 2 is 1.83 bits per heavy atom. The third kappa shape index (κ3) is 4.35. The molecular weight excluding hydrogens is 386 g/mol. The molecular formula is C22H23N3O3S. The van der Waals surface area contributed by atoms with Crippen LogP contribution in [0.4, 0.5) is 10.8 Å². The van der Waals surface area contributed by atoms with E-state index >= 15 is 0 Å². The van der Waals surface area contributed by atoms with Crippen molar-refractivity contribution in [2.24, 2.45) is 0 Å². The molecule has 4 rings (SSSR count). The molecule has 1 aromatic heterocycles. The number of carbonyl (C=O) groups excluding carboxylic acids is 1. The summed E-state index contributed by atoms with van der Waals surface area (Å²) in [5, 5.41) is 5.75. The van der Waals surface area contributed by atoms with Gasteiger partial charge in [0.05, 0.1) is 14.2 Å². The van der Waals surface area contributed by atoms with Crippen molar-refractivity contribution in [2.75, 3.05) is 26.1 Å². The van der Waals surface area contributed by atoms with Gasteiger partial charge in [-0.25, -0.2) is 4.98 Å². The van der Waals surface area contributed by atoms with Gasteiger partial charge >= 0.3 is 0 Å². The molecule has 1 N–H and O–H groups in total. The van der Waals surface area contributed by atoms with E-state index in [0.29, 0.717) is 23.9 Å². The number of benzene rings is 2. The van der Waals surface area contributed by atoms with Gasteiger partial charge in [-0.2, -0.15) is 0 Å². The maximum atomic E-state index is 13.0. The van der Waals surface area contributed by atoms with Crippen LogP contribution in [0, 0.1) is 0 Å². The number of fused-ring (bicyclic) bond motifs is 1. The van der Waals surface area contributed by atoms with Crippen molar-refractivity contribution < 1.29 is 14.3 Å². The van der Waals surface area contributed by atoms with Gasteiger partial charge in [-0.3, -0.25) is 4.79 Å². The number of anilines is 2. The van der Waals surface area contributed by atoms with E-state index < -0.39 is 0 Å². The molecule has 7 heteroatoms. The predicted molar refractivity (Wildman–Crippen MR) is 114 cm³/mol. The largest absolute Gasteiger partial charge is 0.497 e. The number of thiazole rings is 1. The number of carbonyl (C=O) groups is 1. The zero-order valence-corrected chi connectivity index (χ0v) is 17.3. The molecule has 1 amide bonds. The number of ether oxygens (including phenoxy) is 2. The Kier molecular flexibility index (Phi) is 5.67. The Morgan fingerprint density at radius 1 is 1.07 bits per heavy atom. The minimum atomic E-state index is -0.0345. The first-order chi connectivity index (χ1) is 14.2. The van der Waals surface area contributed by atoms with Gasteiger partial charge in [0.1, 0.15) is 17.2 Å². The van der Waals surface area contributed by atoms with E-state index in [2.05, 4.69) is 22.4 Å². The van der Waals surface area contributed by atoms with Crippen molar-refractivity contribution in [2.45, 2.75) is 19.4 Å². The number of nitrogens with one attached hydrogen (secondary N) is 1. The zero-order valence-electron chi connectivity index (χ0n) is 16.5. The van der Waals surface area contributed by atoms with Crippen molar-refractivity contribution in [3.63, 3.8) is 0 Å². The van der Waals surface area contributed by atoms with E-state index in [9.17, 15) is 4.79 Å². The fourth-order valence-corrected chi connectivity index (χ4v) is 4.13. The van der Waals surface area contributed by atoms with Gasteiger partial charge in [0.15, 0.2) is 5.13 Å². The van der Waals surface area contributed by atoms with Gasteiger partial charge in [0, 0.05) is 24.2 Å². The second-order valence-electron chi connectivity index (χ2n) is 6.86. The third-order valence-corrected chi connectivity index (χ3v) is 5.76. The Labute approximate surface area is 174 Å². The summed E-state index contributed by atoms with van der Waals surface area (Å²) in [5.74, 6) is 1.62. The number of amides is 1. The monoisotopic (exact) mass is 409 g/mol. The highest BCUT2D eigenvalue weighted by atomic mass is 32.1. The molecule has 2 heterocycles. The van der Waals surface area contributed by atoms with E-state index in [1.54, 1.807) is 14.2 Å². The van der Waals surface area contributed by atoms with E-state index in [4.69, 9.17) is 9.47 Å². The summed E-state index contributed by atoms with van der Waals surface area (Å²) in [6.45, 7) is 1.31. The molecule has 0 spiro atoms. The number of aryl methyl sites for hydroxylation is 1. The van der Waals surface area contributed by atoms with Crippen LogP contribution in [0.1, 0.15) is 28.0 Å². The Hall–Kier alpha value is -3.06. The van der Waals surface area contributed by atoms with Crippen LogP contribution in [0.3, 0.4) is 0 Å². The smallest absolute Gasteiger partial charge is 0.273 e. The first-order valence-corrected chi connectivity index (χ1v) is 10.4. The number of aromatic nitrogens is 1. The van der Waals surface area contributed by atoms with Crippen LogP contribution in [0.5, 0.6) is 11.5 Å². The zero-order chi connectivity index (χ0) is 20.2. The van der Waals surface area contributed by atoms with Crippen LogP contribution >= 0.6 is 11.3 Å². The van der Waals surface area contributed by atoms with Gasteiger partial charge in [0.2, 0.25) is 0 Å². The van der Waals surface area contributed by atoms with Crippen molar-refractivity contribution in [1.29, 1.82) is 0 Å². The van der Waals surface area contributed by atoms with Crippen LogP contribution in [0.2, 0.25) is 0 Å². The second kappa shape index (κ2) is 8.53. The first-order valence-electron chi connectivity index (χ1n) is 9.48. The van der Waals surface area contributed by atoms with Gasteiger partial charge in [-0.05, 0) is 60.4 Å². The fraction of sp³-hybridized carbons (Fsp3) is 0.273. The Bertz CT molecular complexity index is 1000. The quantitative estimate of drug-likeness (QED) is 0.673. The lowest BCUT2D eigenvalue weighted by Crippen LogP contribution is -2.30. The highest BCUT2D eigenvalue weighted by Gasteiger charge is 2.22. The fourth-order valence-electron chi connectivity index (χ4n) is 3.42. The van der Waals surface area contributed by atoms with Crippen LogP contribution in [0.15, 0.2) is 47.8 Å². The summed E-state index contributed by atoms with van der Waals surface area (Å²) >= 11 is 1.42. The van der Waals surface area contributed by atoms with E-state index in [1.165, 1.54) is 22.5 Å². The molecule has 3 aromatic rings. The lowest BCUT2D eigenvalue weighted by atomic mass is 10.0. The molecule has 0 fully saturated rings. The summed E-state index contributed by atoms with van der Waals surface area (Å²) in [4.78, 5) is 19.4. The van der Waals surface area contributed by atoms with Gasteiger partial charge < -0.3 is 19.7 Å². The molecule has 0 radical (unpaired) electrons. The third-order valence-electron chi connectivity index (χ3n) is 5.00. The number of nitrogens with zero attached hydrogens (tertiary/aromatic N) is 2. The topological polar surface area (TPSA) is 63.7 Å². The van der Waals surface area contributed by atoms with Crippen molar-refractivity contribution in [3.05, 3.63) is 64.7 Å². The van der Waals surface area contributed by atoms with E-state index in [1.807, 2.05) is 40.6 Å². The summed E-state index contributed by atoms with van der Waals surface area (Å²) in [5.41, 5.74) is 3.79. The predicted octanol–water partition coefficient (Wildman–Crippen LogP) is 4.49. The molecule has 0 saturated heterocycles. The molecule has 0 bridgehead atoms. The molecule has 2 aromatic carbocycles.